The van der Waals surface area contributed by atoms with Gasteiger partial charge in [-0.1, -0.05) is 66.7 Å². The van der Waals surface area contributed by atoms with Crippen molar-refractivity contribution in [3.63, 3.8) is 0 Å². The van der Waals surface area contributed by atoms with Crippen LogP contribution in [-0.2, 0) is 34.0 Å². The molecule has 0 aliphatic carbocycles. The minimum absolute atomic E-state index is 0.0240. The summed E-state index contributed by atoms with van der Waals surface area (Å²) in [4.78, 5) is 42.0. The maximum Gasteiger partial charge on any atom is 0.307 e. The lowest BCUT2D eigenvalue weighted by atomic mass is 9.90. The zero-order valence-corrected chi connectivity index (χ0v) is 27.5. The summed E-state index contributed by atoms with van der Waals surface area (Å²) < 4.78 is 27.6. The maximum atomic E-state index is 13.9. The second-order valence-electron chi connectivity index (χ2n) is 12.5. The number of carbonyl (C=O) groups is 3. The molecular weight excluding hydrogens is 626 g/mol. The third-order valence-electron chi connectivity index (χ3n) is 9.18. The fraction of sp³-hybridized carbons (Fsp3) is 0.289. The Hall–Kier alpha value is -4.80. The van der Waals surface area contributed by atoms with Gasteiger partial charge >= 0.3 is 5.97 Å². The number of hydrogen-bond donors (Lipinski definition) is 2. The van der Waals surface area contributed by atoms with Crippen molar-refractivity contribution in [2.45, 2.75) is 48.4 Å². The van der Waals surface area contributed by atoms with E-state index in [9.17, 15) is 22.8 Å². The Morgan fingerprint density at radius 2 is 1.50 bits per heavy atom. The number of rotatable bonds is 11. The van der Waals surface area contributed by atoms with E-state index in [2.05, 4.69) is 34.5 Å². The van der Waals surface area contributed by atoms with Gasteiger partial charge in [0.2, 0.25) is 9.84 Å². The van der Waals surface area contributed by atoms with Crippen molar-refractivity contribution >= 4 is 33.3 Å². The lowest BCUT2D eigenvalue weighted by molar-refractivity contribution is -0.136. The average molecular weight is 666 g/mol. The third kappa shape index (κ3) is 7.50. The molecule has 4 aromatic rings. The van der Waals surface area contributed by atoms with E-state index in [1.54, 1.807) is 36.4 Å². The Bertz CT molecular complexity index is 1900. The summed E-state index contributed by atoms with van der Waals surface area (Å²) in [6.45, 7) is 3.45. The number of amides is 2. The standard InChI is InChI=1S/C38H39N3O6S/c42-36(43)24-28-11-13-30(14-12-28)26-41-33-25-31(15-16-35(33)48(46,47)34-10-5-4-9-32(34)38(41)45)37(44)39-19-6-20-40-21-17-29(18-22-40)23-27-7-2-1-3-8-27/h1-5,7-16,25,29H,6,17-24,26H2,(H,39,44)(H,42,43). The number of fused-ring (bicyclic) bond motifs is 2. The molecule has 1 saturated heterocycles. The number of carboxylic acids is 1. The maximum absolute atomic E-state index is 13.9. The summed E-state index contributed by atoms with van der Waals surface area (Å²) in [5.74, 6) is -1.11. The van der Waals surface area contributed by atoms with Gasteiger partial charge in [0.1, 0.15) is 0 Å². The van der Waals surface area contributed by atoms with Crippen LogP contribution in [0.4, 0.5) is 5.69 Å². The van der Waals surface area contributed by atoms with Crippen LogP contribution in [0.3, 0.4) is 0 Å². The van der Waals surface area contributed by atoms with Gasteiger partial charge in [0.15, 0.2) is 0 Å². The van der Waals surface area contributed by atoms with Crippen LogP contribution < -0.4 is 10.2 Å². The number of sulfone groups is 1. The van der Waals surface area contributed by atoms with Gasteiger partial charge in [-0.25, -0.2) is 8.42 Å². The van der Waals surface area contributed by atoms with Crippen molar-refractivity contribution in [3.05, 3.63) is 125 Å². The Kier molecular flexibility index (Phi) is 10.0. The molecule has 0 saturated carbocycles. The van der Waals surface area contributed by atoms with E-state index in [0.29, 0.717) is 23.6 Å². The molecule has 4 aromatic carbocycles. The highest BCUT2D eigenvalue weighted by Crippen LogP contribution is 2.38. The Balaban J connectivity index is 1.13. The predicted octanol–water partition coefficient (Wildman–Crippen LogP) is 5.38. The number of nitrogens with one attached hydrogen (secondary N) is 1. The molecule has 2 amide bonds. The van der Waals surface area contributed by atoms with E-state index < -0.39 is 21.7 Å². The second-order valence-corrected chi connectivity index (χ2v) is 14.4. The van der Waals surface area contributed by atoms with Crippen molar-refractivity contribution in [1.82, 2.24) is 10.2 Å². The van der Waals surface area contributed by atoms with Crippen LogP contribution >= 0.6 is 0 Å². The summed E-state index contributed by atoms with van der Waals surface area (Å²) in [6.07, 6.45) is 4.08. The first kappa shape index (κ1) is 33.1. The smallest absolute Gasteiger partial charge is 0.307 e. The number of carbonyl (C=O) groups excluding carboxylic acids is 2. The number of hydrogen-bond acceptors (Lipinski definition) is 6. The molecule has 0 spiro atoms. The van der Waals surface area contributed by atoms with Crippen LogP contribution in [0.15, 0.2) is 107 Å². The van der Waals surface area contributed by atoms with Crippen LogP contribution in [0, 0.1) is 5.92 Å². The fourth-order valence-electron chi connectivity index (χ4n) is 6.59. The molecule has 2 aliphatic heterocycles. The molecule has 0 aromatic heterocycles. The van der Waals surface area contributed by atoms with Crippen molar-refractivity contribution in [3.8, 4) is 0 Å². The molecule has 10 heteroatoms. The van der Waals surface area contributed by atoms with Crippen LogP contribution in [-0.4, -0.2) is 62.4 Å². The Morgan fingerprint density at radius 1 is 0.812 bits per heavy atom. The van der Waals surface area contributed by atoms with Crippen LogP contribution in [0.2, 0.25) is 0 Å². The molecule has 48 heavy (non-hydrogen) atoms. The van der Waals surface area contributed by atoms with E-state index in [4.69, 9.17) is 5.11 Å². The number of anilines is 1. The first-order chi connectivity index (χ1) is 23.2. The molecule has 1 fully saturated rings. The van der Waals surface area contributed by atoms with Gasteiger partial charge in [-0.3, -0.25) is 14.4 Å². The van der Waals surface area contributed by atoms with E-state index in [1.807, 2.05) is 6.07 Å². The molecular formula is C38H39N3O6S. The molecule has 0 unspecified atom stereocenters. The molecule has 2 N–H and O–H groups in total. The number of nitrogens with zero attached hydrogens (tertiary/aromatic N) is 2. The van der Waals surface area contributed by atoms with Gasteiger partial charge in [-0.2, -0.15) is 0 Å². The normalized spacial score (nSPS) is 16.1. The molecule has 0 atom stereocenters. The van der Waals surface area contributed by atoms with E-state index in [0.717, 1.165) is 45.3 Å². The van der Waals surface area contributed by atoms with Crippen LogP contribution in [0.25, 0.3) is 0 Å². The van der Waals surface area contributed by atoms with E-state index in [-0.39, 0.29) is 45.5 Å². The summed E-state index contributed by atoms with van der Waals surface area (Å²) in [6, 6.07) is 27.9. The minimum atomic E-state index is -4.08. The molecule has 0 radical (unpaired) electrons. The van der Waals surface area contributed by atoms with E-state index in [1.165, 1.54) is 40.8 Å². The SMILES string of the molecule is O=C(O)Cc1ccc(CN2C(=O)c3ccccc3S(=O)(=O)c3ccc(C(=O)NCCCN4CCC(Cc5ccccc5)CC4)cc32)cc1. The van der Waals surface area contributed by atoms with Crippen molar-refractivity contribution in [2.75, 3.05) is 31.1 Å². The lowest BCUT2D eigenvalue weighted by Gasteiger charge is -2.32. The number of piperidine rings is 1. The van der Waals surface area contributed by atoms with Crippen LogP contribution in [0.5, 0.6) is 0 Å². The highest BCUT2D eigenvalue weighted by atomic mass is 32.2. The van der Waals surface area contributed by atoms with Gasteiger partial charge in [0, 0.05) is 12.1 Å². The zero-order chi connectivity index (χ0) is 33.7. The topological polar surface area (TPSA) is 124 Å². The van der Waals surface area contributed by atoms with Gasteiger partial charge in [-0.15, -0.1) is 0 Å². The monoisotopic (exact) mass is 665 g/mol. The highest BCUT2D eigenvalue weighted by molar-refractivity contribution is 7.91. The Labute approximate surface area is 281 Å². The molecule has 248 valence electrons. The number of benzene rings is 4. The molecule has 2 heterocycles. The van der Waals surface area contributed by atoms with Gasteiger partial charge in [0.25, 0.3) is 11.8 Å². The van der Waals surface area contributed by atoms with Crippen molar-refractivity contribution < 1.29 is 27.9 Å². The molecule has 0 bridgehead atoms. The molecule has 2 aliphatic rings. The first-order valence-electron chi connectivity index (χ1n) is 16.3. The fourth-order valence-corrected chi connectivity index (χ4v) is 8.22. The summed E-state index contributed by atoms with van der Waals surface area (Å²) >= 11 is 0. The zero-order valence-electron chi connectivity index (χ0n) is 26.7. The minimum Gasteiger partial charge on any atom is -0.481 e. The average Bonchev–Trinajstić information content (AvgIpc) is 3.16. The van der Waals surface area contributed by atoms with Crippen molar-refractivity contribution in [1.29, 1.82) is 0 Å². The summed E-state index contributed by atoms with van der Waals surface area (Å²) in [7, 11) is -4.08. The quantitative estimate of drug-likeness (QED) is 0.206. The molecule has 9 nitrogen and oxygen atoms in total. The van der Waals surface area contributed by atoms with Crippen LogP contribution in [0.1, 0.15) is 56.7 Å². The number of carboxylic acid groups (broad SMARTS) is 1. The third-order valence-corrected chi connectivity index (χ3v) is 11.0. The van der Waals surface area contributed by atoms with Gasteiger partial charge in [0.05, 0.1) is 34.0 Å². The number of likely N-dealkylation sites (tertiary alicyclic amines) is 1. The second kappa shape index (κ2) is 14.5. The lowest BCUT2D eigenvalue weighted by Crippen LogP contribution is -2.36. The van der Waals surface area contributed by atoms with Crippen molar-refractivity contribution in [2.24, 2.45) is 5.92 Å². The predicted molar refractivity (Wildman–Crippen MR) is 183 cm³/mol. The Morgan fingerprint density at radius 3 is 2.23 bits per heavy atom. The van der Waals surface area contributed by atoms with Gasteiger partial charge < -0.3 is 20.2 Å². The highest BCUT2D eigenvalue weighted by Gasteiger charge is 2.36. The summed E-state index contributed by atoms with van der Waals surface area (Å²) in [5, 5.41) is 12.1. The first-order valence-corrected chi connectivity index (χ1v) is 17.8. The molecule has 6 rings (SSSR count). The number of aliphatic carboxylic acids is 1. The largest absolute Gasteiger partial charge is 0.481 e. The summed E-state index contributed by atoms with van der Waals surface area (Å²) in [5.41, 5.74) is 3.10. The van der Waals surface area contributed by atoms with E-state index >= 15 is 0 Å². The van der Waals surface area contributed by atoms with Gasteiger partial charge in [-0.05, 0) is 98.3 Å².